The van der Waals surface area contributed by atoms with Crippen LogP contribution in [0.15, 0.2) is 18.2 Å². The van der Waals surface area contributed by atoms with Crippen molar-refractivity contribution in [1.82, 2.24) is 0 Å². The highest BCUT2D eigenvalue weighted by Gasteiger charge is 2.24. The van der Waals surface area contributed by atoms with Crippen molar-refractivity contribution < 1.29 is 5.11 Å². The highest BCUT2D eigenvalue weighted by Crippen LogP contribution is 2.36. The number of unbranched alkanes of at least 4 members (excludes halogenated alkanes) is 5. The smallest absolute Gasteiger partial charge is 0.0582 e. The molecule has 0 saturated carbocycles. The van der Waals surface area contributed by atoms with Gasteiger partial charge in [-0.15, -0.1) is 0 Å². The lowest BCUT2D eigenvalue weighted by atomic mass is 9.93. The summed E-state index contributed by atoms with van der Waals surface area (Å²) in [5, 5.41) is 9.14. The Kier molecular flexibility index (Phi) is 7.41. The molecular formula is C20H33NO. The molecule has 0 aliphatic heterocycles. The zero-order chi connectivity index (χ0) is 15.8. The van der Waals surface area contributed by atoms with Crippen LogP contribution in [0.5, 0.6) is 0 Å². The highest BCUT2D eigenvalue weighted by atomic mass is 16.3. The third-order valence-corrected chi connectivity index (χ3v) is 5.05. The van der Waals surface area contributed by atoms with Gasteiger partial charge in [-0.25, -0.2) is 0 Å². The Labute approximate surface area is 136 Å². The van der Waals surface area contributed by atoms with E-state index in [-0.39, 0.29) is 12.6 Å². The van der Waals surface area contributed by atoms with E-state index in [1.54, 1.807) is 0 Å². The van der Waals surface area contributed by atoms with Gasteiger partial charge in [-0.2, -0.15) is 0 Å². The summed E-state index contributed by atoms with van der Waals surface area (Å²) < 4.78 is 0. The van der Waals surface area contributed by atoms with Gasteiger partial charge in [0.05, 0.1) is 6.61 Å². The molecule has 0 unspecified atom stereocenters. The third-order valence-electron chi connectivity index (χ3n) is 5.05. The number of aliphatic hydroxyl groups excluding tert-OH is 1. The van der Waals surface area contributed by atoms with E-state index in [2.05, 4.69) is 25.1 Å². The molecule has 2 atom stereocenters. The topological polar surface area (TPSA) is 46.2 Å². The normalized spacial score (nSPS) is 18.4. The Morgan fingerprint density at radius 1 is 1.18 bits per heavy atom. The van der Waals surface area contributed by atoms with Crippen LogP contribution in [0.1, 0.15) is 80.9 Å². The number of nitrogens with two attached hydrogens (primary N) is 1. The van der Waals surface area contributed by atoms with Gasteiger partial charge in [0.25, 0.3) is 0 Å². The summed E-state index contributed by atoms with van der Waals surface area (Å²) in [5.74, 6) is 0.556. The van der Waals surface area contributed by atoms with E-state index < -0.39 is 0 Å². The highest BCUT2D eigenvalue weighted by molar-refractivity contribution is 5.38. The van der Waals surface area contributed by atoms with Crippen molar-refractivity contribution in [2.75, 3.05) is 6.61 Å². The van der Waals surface area contributed by atoms with Gasteiger partial charge in [0.1, 0.15) is 0 Å². The lowest BCUT2D eigenvalue weighted by Gasteiger charge is -2.16. The number of benzene rings is 1. The second-order valence-electron chi connectivity index (χ2n) is 6.96. The fourth-order valence-electron chi connectivity index (χ4n) is 3.71. The van der Waals surface area contributed by atoms with Crippen LogP contribution in [0.3, 0.4) is 0 Å². The largest absolute Gasteiger partial charge is 0.395 e. The van der Waals surface area contributed by atoms with Crippen molar-refractivity contribution in [3.63, 3.8) is 0 Å². The fraction of sp³-hybridized carbons (Fsp3) is 0.700. The van der Waals surface area contributed by atoms with Gasteiger partial charge >= 0.3 is 0 Å². The molecule has 2 nitrogen and oxygen atoms in total. The molecule has 1 aromatic rings. The number of fused-ring (bicyclic) bond motifs is 1. The lowest BCUT2D eigenvalue weighted by Crippen LogP contribution is -2.26. The summed E-state index contributed by atoms with van der Waals surface area (Å²) in [4.78, 5) is 0. The Bertz CT molecular complexity index is 443. The predicted molar refractivity (Wildman–Crippen MR) is 94.3 cm³/mol. The lowest BCUT2D eigenvalue weighted by molar-refractivity contribution is 0.254. The molecule has 2 rings (SSSR count). The molecule has 0 amide bonds. The molecule has 0 spiro atoms. The monoisotopic (exact) mass is 303 g/mol. The van der Waals surface area contributed by atoms with Gasteiger partial charge in [0.2, 0.25) is 0 Å². The molecule has 3 N–H and O–H groups in total. The molecule has 0 saturated heterocycles. The van der Waals surface area contributed by atoms with Crippen molar-refractivity contribution >= 4 is 0 Å². The van der Waals surface area contributed by atoms with Crippen LogP contribution in [0.4, 0.5) is 0 Å². The molecule has 1 aromatic carbocycles. The zero-order valence-corrected chi connectivity index (χ0v) is 14.2. The van der Waals surface area contributed by atoms with Crippen LogP contribution in [-0.2, 0) is 12.8 Å². The minimum atomic E-state index is -0.0706. The Morgan fingerprint density at radius 3 is 2.73 bits per heavy atom. The number of hydrogen-bond acceptors (Lipinski definition) is 2. The van der Waals surface area contributed by atoms with Crippen LogP contribution in [-0.4, -0.2) is 17.8 Å². The molecule has 0 bridgehead atoms. The van der Waals surface area contributed by atoms with Gasteiger partial charge in [-0.3, -0.25) is 0 Å². The molecule has 1 aliphatic carbocycles. The Morgan fingerprint density at radius 2 is 1.95 bits per heavy atom. The average Bonchev–Trinajstić information content (AvgIpc) is 2.93. The second kappa shape index (κ2) is 9.32. The van der Waals surface area contributed by atoms with E-state index in [1.807, 2.05) is 0 Å². The quantitative estimate of drug-likeness (QED) is 0.632. The maximum atomic E-state index is 9.14. The molecular weight excluding hydrogens is 270 g/mol. The van der Waals surface area contributed by atoms with Crippen molar-refractivity contribution in [3.05, 3.63) is 34.9 Å². The van der Waals surface area contributed by atoms with Crippen LogP contribution in [0.25, 0.3) is 0 Å². The summed E-state index contributed by atoms with van der Waals surface area (Å²) in [5.41, 5.74) is 10.4. The first-order valence-corrected chi connectivity index (χ1v) is 9.22. The Hall–Kier alpha value is -0.860. The molecule has 0 heterocycles. The maximum absolute atomic E-state index is 9.14. The fourth-order valence-corrected chi connectivity index (χ4v) is 3.71. The van der Waals surface area contributed by atoms with Crippen LogP contribution in [0, 0.1) is 0 Å². The predicted octanol–water partition coefficient (Wildman–Crippen LogP) is 4.33. The minimum Gasteiger partial charge on any atom is -0.395 e. The summed E-state index contributed by atoms with van der Waals surface area (Å²) >= 11 is 0. The first-order valence-electron chi connectivity index (χ1n) is 9.22. The van der Waals surface area contributed by atoms with E-state index in [1.165, 1.54) is 74.5 Å². The zero-order valence-electron chi connectivity index (χ0n) is 14.2. The van der Waals surface area contributed by atoms with Crippen LogP contribution in [0.2, 0.25) is 0 Å². The van der Waals surface area contributed by atoms with E-state index in [4.69, 9.17) is 10.8 Å². The summed E-state index contributed by atoms with van der Waals surface area (Å²) in [7, 11) is 0. The molecule has 2 heteroatoms. The number of hydrogen-bond donors (Lipinski definition) is 2. The van der Waals surface area contributed by atoms with Crippen molar-refractivity contribution in [3.8, 4) is 0 Å². The van der Waals surface area contributed by atoms with Gasteiger partial charge in [0, 0.05) is 6.04 Å². The maximum Gasteiger partial charge on any atom is 0.0582 e. The van der Waals surface area contributed by atoms with Crippen LogP contribution < -0.4 is 5.73 Å². The standard InChI is InChI=1S/C20H33NO/c1-2-3-4-5-6-7-8-16-9-12-20-17(13-16)10-11-18(20)14-19(21)15-22/h9,12-13,18-19,22H,2-8,10-11,14-15,21H2,1H3/t18-,19+/m1/s1. The molecule has 124 valence electrons. The third kappa shape index (κ3) is 5.10. The molecule has 1 aliphatic rings. The van der Waals surface area contributed by atoms with E-state index in [0.29, 0.717) is 5.92 Å². The van der Waals surface area contributed by atoms with Gasteiger partial charge in [-0.1, -0.05) is 57.2 Å². The molecule has 0 aromatic heterocycles. The van der Waals surface area contributed by atoms with Crippen molar-refractivity contribution in [1.29, 1.82) is 0 Å². The first kappa shape index (κ1) is 17.5. The average molecular weight is 303 g/mol. The summed E-state index contributed by atoms with van der Waals surface area (Å²) in [6.45, 7) is 2.37. The van der Waals surface area contributed by atoms with Gasteiger partial charge in [0.15, 0.2) is 0 Å². The van der Waals surface area contributed by atoms with Crippen molar-refractivity contribution in [2.24, 2.45) is 5.73 Å². The SMILES string of the molecule is CCCCCCCCc1ccc2c(c1)CC[C@@H]2C[C@H](N)CO. The summed E-state index contributed by atoms with van der Waals surface area (Å²) in [6.07, 6.45) is 12.7. The van der Waals surface area contributed by atoms with Gasteiger partial charge < -0.3 is 10.8 Å². The number of aryl methyl sites for hydroxylation is 2. The molecule has 0 fully saturated rings. The number of aliphatic hydroxyl groups is 1. The Balaban J connectivity index is 1.80. The molecule has 0 radical (unpaired) electrons. The van der Waals surface area contributed by atoms with E-state index in [0.717, 1.165) is 6.42 Å². The van der Waals surface area contributed by atoms with Crippen molar-refractivity contribution in [2.45, 2.75) is 83.1 Å². The van der Waals surface area contributed by atoms with Gasteiger partial charge in [-0.05, 0) is 54.7 Å². The number of rotatable bonds is 10. The molecule has 22 heavy (non-hydrogen) atoms. The second-order valence-corrected chi connectivity index (χ2v) is 6.96. The summed E-state index contributed by atoms with van der Waals surface area (Å²) in [6, 6.07) is 6.99. The first-order chi connectivity index (χ1) is 10.7. The van der Waals surface area contributed by atoms with Crippen LogP contribution >= 0.6 is 0 Å². The minimum absolute atomic E-state index is 0.0706. The van der Waals surface area contributed by atoms with E-state index >= 15 is 0 Å². The van der Waals surface area contributed by atoms with E-state index in [9.17, 15) is 0 Å².